The van der Waals surface area contributed by atoms with E-state index >= 15 is 0 Å². The molecule has 3 fully saturated rings. The van der Waals surface area contributed by atoms with Crippen LogP contribution in [0.2, 0.25) is 5.02 Å². The Morgan fingerprint density at radius 3 is 2.75 bits per heavy atom. The number of benzene rings is 1. The van der Waals surface area contributed by atoms with E-state index in [1.165, 1.54) is 19.3 Å². The molecule has 4 aliphatic rings. The highest BCUT2D eigenvalue weighted by atomic mass is 35.5. The van der Waals surface area contributed by atoms with Gasteiger partial charge in [0.15, 0.2) is 0 Å². The third-order valence-corrected chi connectivity index (χ3v) is 8.21. The SMILES string of the molecule is C[C@@H]1CCC[C@H](C)N1CCNC(=O)[C@@H]1[C@@H]2C=C[C@@]3(CN(Cc4ccccc4Cl)C(=O)[C@H]13)O2. The van der Waals surface area contributed by atoms with Gasteiger partial charge < -0.3 is 15.0 Å². The first kappa shape index (κ1) is 21.9. The van der Waals surface area contributed by atoms with E-state index in [9.17, 15) is 9.59 Å². The van der Waals surface area contributed by atoms with Crippen molar-refractivity contribution in [1.82, 2.24) is 15.1 Å². The lowest BCUT2D eigenvalue weighted by Gasteiger charge is -2.39. The van der Waals surface area contributed by atoms with Crippen LogP contribution in [0.25, 0.3) is 0 Å². The predicted octanol–water partition coefficient (Wildman–Crippen LogP) is 3.00. The molecule has 6 atom stereocenters. The molecule has 0 saturated carbocycles. The van der Waals surface area contributed by atoms with Gasteiger partial charge in [-0.2, -0.15) is 0 Å². The van der Waals surface area contributed by atoms with Gasteiger partial charge >= 0.3 is 0 Å². The molecule has 4 heterocycles. The van der Waals surface area contributed by atoms with Crippen molar-refractivity contribution < 1.29 is 14.3 Å². The summed E-state index contributed by atoms with van der Waals surface area (Å²) in [6.07, 6.45) is 7.33. The summed E-state index contributed by atoms with van der Waals surface area (Å²) in [7, 11) is 0. The third kappa shape index (κ3) is 3.66. The Hall–Kier alpha value is -1.89. The molecule has 0 radical (unpaired) electrons. The number of piperidine rings is 1. The monoisotopic (exact) mass is 457 g/mol. The number of nitrogens with zero attached hydrogens (tertiary/aromatic N) is 2. The summed E-state index contributed by atoms with van der Waals surface area (Å²) >= 11 is 6.32. The number of rotatable bonds is 6. The summed E-state index contributed by atoms with van der Waals surface area (Å²) < 4.78 is 6.24. The average Bonchev–Trinajstić information content (AvgIpc) is 3.40. The molecule has 32 heavy (non-hydrogen) atoms. The normalized spacial score (nSPS) is 36.0. The first-order chi connectivity index (χ1) is 15.4. The zero-order valence-corrected chi connectivity index (χ0v) is 19.6. The first-order valence-electron chi connectivity index (χ1n) is 11.8. The lowest BCUT2D eigenvalue weighted by atomic mass is 9.77. The standard InChI is InChI=1S/C25H32ClN3O3/c1-16-6-5-7-17(2)29(16)13-12-27-23(30)21-20-10-11-25(32-20)15-28(24(31)22(21)25)14-18-8-3-4-9-19(18)26/h3-4,8-11,16-17,20-22H,5-7,12-15H2,1-2H3,(H,27,30)/t16-,17+,20-,21+,22-,25-/m0/s1. The minimum absolute atomic E-state index is 0.0183. The van der Waals surface area contributed by atoms with Crippen molar-refractivity contribution in [3.63, 3.8) is 0 Å². The molecule has 0 aliphatic carbocycles. The number of nitrogens with one attached hydrogen (secondary N) is 1. The van der Waals surface area contributed by atoms with Crippen LogP contribution in [-0.4, -0.2) is 65.0 Å². The number of ether oxygens (including phenoxy) is 1. The van der Waals surface area contributed by atoms with Crippen LogP contribution >= 0.6 is 11.6 Å². The van der Waals surface area contributed by atoms with Crippen molar-refractivity contribution in [2.24, 2.45) is 11.8 Å². The van der Waals surface area contributed by atoms with Crippen molar-refractivity contribution in [3.8, 4) is 0 Å². The van der Waals surface area contributed by atoms with Crippen LogP contribution in [0.3, 0.4) is 0 Å². The Balaban J connectivity index is 1.25. The summed E-state index contributed by atoms with van der Waals surface area (Å²) in [6.45, 7) is 6.85. The van der Waals surface area contributed by atoms with Crippen molar-refractivity contribution >= 4 is 23.4 Å². The number of hydrogen-bond donors (Lipinski definition) is 1. The molecule has 172 valence electrons. The second-order valence-electron chi connectivity index (χ2n) is 9.84. The number of amides is 2. The molecular formula is C25H32ClN3O3. The maximum absolute atomic E-state index is 13.4. The zero-order chi connectivity index (χ0) is 22.5. The van der Waals surface area contributed by atoms with E-state index in [0.717, 1.165) is 12.1 Å². The summed E-state index contributed by atoms with van der Waals surface area (Å²) in [5, 5.41) is 3.76. The molecule has 4 aliphatic heterocycles. The molecule has 1 aromatic rings. The van der Waals surface area contributed by atoms with Crippen LogP contribution in [0.1, 0.15) is 38.7 Å². The van der Waals surface area contributed by atoms with Crippen LogP contribution in [0.15, 0.2) is 36.4 Å². The quantitative estimate of drug-likeness (QED) is 0.667. The van der Waals surface area contributed by atoms with Crippen molar-refractivity contribution in [3.05, 3.63) is 47.0 Å². The highest BCUT2D eigenvalue weighted by Crippen LogP contribution is 2.52. The molecule has 1 aromatic carbocycles. The van der Waals surface area contributed by atoms with Crippen LogP contribution in [0, 0.1) is 11.8 Å². The Morgan fingerprint density at radius 1 is 1.25 bits per heavy atom. The van der Waals surface area contributed by atoms with Gasteiger partial charge in [-0.15, -0.1) is 0 Å². The van der Waals surface area contributed by atoms with E-state index in [4.69, 9.17) is 16.3 Å². The van der Waals surface area contributed by atoms with Gasteiger partial charge in [-0.25, -0.2) is 0 Å². The lowest BCUT2D eigenvalue weighted by Crippen LogP contribution is -2.49. The third-order valence-electron chi connectivity index (χ3n) is 7.85. The smallest absolute Gasteiger partial charge is 0.230 e. The number of carbonyl (C=O) groups is 2. The van der Waals surface area contributed by atoms with Gasteiger partial charge in [0.1, 0.15) is 5.60 Å². The van der Waals surface area contributed by atoms with Gasteiger partial charge in [-0.1, -0.05) is 48.4 Å². The van der Waals surface area contributed by atoms with Crippen LogP contribution in [0.5, 0.6) is 0 Å². The van der Waals surface area contributed by atoms with Gasteiger partial charge in [0.25, 0.3) is 0 Å². The summed E-state index contributed by atoms with van der Waals surface area (Å²) in [6, 6.07) is 8.65. The van der Waals surface area contributed by atoms with Crippen molar-refractivity contribution in [2.75, 3.05) is 19.6 Å². The fraction of sp³-hybridized carbons (Fsp3) is 0.600. The molecule has 0 aromatic heterocycles. The Morgan fingerprint density at radius 2 is 2.00 bits per heavy atom. The van der Waals surface area contributed by atoms with E-state index in [-0.39, 0.29) is 17.9 Å². The molecule has 6 nitrogen and oxygen atoms in total. The molecular weight excluding hydrogens is 426 g/mol. The number of hydrogen-bond acceptors (Lipinski definition) is 4. The largest absolute Gasteiger partial charge is 0.360 e. The van der Waals surface area contributed by atoms with E-state index in [1.54, 1.807) is 4.90 Å². The molecule has 1 N–H and O–H groups in total. The number of halogens is 1. The highest BCUT2D eigenvalue weighted by Gasteiger charge is 2.66. The lowest BCUT2D eigenvalue weighted by molar-refractivity contribution is -0.137. The number of carbonyl (C=O) groups excluding carboxylic acids is 2. The topological polar surface area (TPSA) is 61.9 Å². The maximum Gasteiger partial charge on any atom is 0.230 e. The zero-order valence-electron chi connectivity index (χ0n) is 18.8. The van der Waals surface area contributed by atoms with Gasteiger partial charge in [-0.3, -0.25) is 14.5 Å². The Labute approximate surface area is 194 Å². The molecule has 0 unspecified atom stereocenters. The van der Waals surface area contributed by atoms with Crippen LogP contribution in [-0.2, 0) is 20.9 Å². The second-order valence-corrected chi connectivity index (χ2v) is 10.3. The van der Waals surface area contributed by atoms with Crippen LogP contribution in [0.4, 0.5) is 0 Å². The number of fused-ring (bicyclic) bond motifs is 1. The van der Waals surface area contributed by atoms with Crippen molar-refractivity contribution in [1.29, 1.82) is 0 Å². The maximum atomic E-state index is 13.4. The number of likely N-dealkylation sites (tertiary alicyclic amines) is 2. The molecule has 7 heteroatoms. The minimum Gasteiger partial charge on any atom is -0.360 e. The second kappa shape index (κ2) is 8.47. The Bertz CT molecular complexity index is 927. The summed E-state index contributed by atoms with van der Waals surface area (Å²) in [5.74, 6) is -1.03. The molecule has 1 spiro atoms. The van der Waals surface area contributed by atoms with E-state index in [2.05, 4.69) is 24.1 Å². The highest BCUT2D eigenvalue weighted by molar-refractivity contribution is 6.31. The van der Waals surface area contributed by atoms with E-state index in [1.807, 2.05) is 36.4 Å². The molecule has 2 bridgehead atoms. The van der Waals surface area contributed by atoms with E-state index < -0.39 is 17.4 Å². The fourth-order valence-corrected chi connectivity index (χ4v) is 6.38. The molecule has 2 amide bonds. The van der Waals surface area contributed by atoms with Gasteiger partial charge in [0.2, 0.25) is 11.8 Å². The molecule has 5 rings (SSSR count). The fourth-order valence-electron chi connectivity index (χ4n) is 6.19. The van der Waals surface area contributed by atoms with E-state index in [0.29, 0.717) is 36.7 Å². The Kier molecular flexibility index (Phi) is 5.81. The van der Waals surface area contributed by atoms with Gasteiger partial charge in [0.05, 0.1) is 24.5 Å². The molecule has 3 saturated heterocycles. The summed E-state index contributed by atoms with van der Waals surface area (Å²) in [4.78, 5) is 30.9. The van der Waals surface area contributed by atoms with Gasteiger partial charge in [0, 0.05) is 36.7 Å². The summed E-state index contributed by atoms with van der Waals surface area (Å²) in [5.41, 5.74) is 0.212. The predicted molar refractivity (Wildman–Crippen MR) is 123 cm³/mol. The minimum atomic E-state index is -0.694. The van der Waals surface area contributed by atoms with Crippen LogP contribution < -0.4 is 5.32 Å². The average molecular weight is 458 g/mol. The van der Waals surface area contributed by atoms with Gasteiger partial charge in [-0.05, 0) is 38.3 Å². The first-order valence-corrected chi connectivity index (χ1v) is 12.2. The van der Waals surface area contributed by atoms with Crippen molar-refractivity contribution in [2.45, 2.75) is 63.4 Å².